The lowest BCUT2D eigenvalue weighted by Gasteiger charge is -2.33. The second kappa shape index (κ2) is 14.6. The summed E-state index contributed by atoms with van der Waals surface area (Å²) in [5, 5.41) is 2.19. The van der Waals surface area contributed by atoms with Gasteiger partial charge in [0.25, 0.3) is 0 Å². The molecule has 2 aliphatic rings. The van der Waals surface area contributed by atoms with Gasteiger partial charge in [-0.05, 0) is 134 Å². The van der Waals surface area contributed by atoms with Crippen LogP contribution in [0, 0.1) is 0 Å². The van der Waals surface area contributed by atoms with Crippen LogP contribution in [0.1, 0.15) is 29.1 Å². The molecule has 0 saturated heterocycles. The maximum atomic E-state index is 8.99. The van der Waals surface area contributed by atoms with Crippen LogP contribution >= 0.6 is 0 Å². The van der Waals surface area contributed by atoms with Gasteiger partial charge in [-0.15, -0.1) is 0 Å². The lowest BCUT2D eigenvalue weighted by molar-refractivity contribution is 0.793. The molecule has 1 aromatic heterocycles. The molecule has 0 aliphatic heterocycles. The van der Waals surface area contributed by atoms with E-state index in [2.05, 4.69) is 216 Å². The second-order valence-electron chi connectivity index (χ2n) is 16.9. The van der Waals surface area contributed by atoms with Crippen LogP contribution in [0.4, 0.5) is 34.1 Å². The number of hydrogen-bond acceptors (Lipinski definition) is 2. The van der Waals surface area contributed by atoms with E-state index < -0.39 is 11.5 Å². The van der Waals surface area contributed by atoms with Gasteiger partial charge >= 0.3 is 0 Å². The van der Waals surface area contributed by atoms with Crippen molar-refractivity contribution in [3.8, 4) is 33.4 Å². The van der Waals surface area contributed by atoms with Gasteiger partial charge in [0.1, 0.15) is 0 Å². The molecule has 0 amide bonds. The molecule has 1 spiro atoms. The van der Waals surface area contributed by atoms with E-state index in [1.807, 2.05) is 18.2 Å². The van der Waals surface area contributed by atoms with Crippen molar-refractivity contribution in [2.24, 2.45) is 7.05 Å². The topological polar surface area (TPSA) is 11.4 Å². The smallest absolute Gasteiger partial charge is 0.0727 e. The van der Waals surface area contributed by atoms with Crippen LogP contribution in [-0.2, 0) is 12.5 Å². The minimum absolute atomic E-state index is 0.162. The summed E-state index contributed by atoms with van der Waals surface area (Å²) in [6.45, 7) is 0. The number of rotatable bonds is 7. The Kier molecular flexibility index (Phi) is 7.25. The number of fused-ring (bicyclic) bond motifs is 13. The Morgan fingerprint density at radius 2 is 0.892 bits per heavy atom. The molecule has 10 aromatic carbocycles. The monoisotopic (exact) mass is 834 g/mol. The zero-order valence-corrected chi connectivity index (χ0v) is 35.5. The van der Waals surface area contributed by atoms with Crippen molar-refractivity contribution in [2.45, 2.75) is 5.41 Å². The largest absolute Gasteiger partial charge is 0.344 e. The fourth-order valence-corrected chi connectivity index (χ4v) is 11.0. The Bertz CT molecular complexity index is 3860. The predicted molar refractivity (Wildman–Crippen MR) is 272 cm³/mol. The van der Waals surface area contributed by atoms with Crippen molar-refractivity contribution in [2.75, 3.05) is 9.80 Å². The van der Waals surface area contributed by atoms with E-state index in [0.29, 0.717) is 5.56 Å². The third-order valence-corrected chi connectivity index (χ3v) is 13.7. The summed E-state index contributed by atoms with van der Waals surface area (Å²) in [4.78, 5) is 4.62. The van der Waals surface area contributed by atoms with Gasteiger partial charge in [-0.25, -0.2) is 0 Å². The number of benzene rings is 10. The number of nitrogens with zero attached hydrogens (tertiary/aromatic N) is 3. The predicted octanol–water partition coefficient (Wildman–Crippen LogP) is 16.3. The fourth-order valence-electron chi connectivity index (χ4n) is 11.0. The van der Waals surface area contributed by atoms with Crippen LogP contribution < -0.4 is 9.80 Å². The van der Waals surface area contributed by atoms with Gasteiger partial charge in [0.15, 0.2) is 0 Å². The SMILES string of the molecule is [2H]c1c([2H])c([2H])c(-c2cccc(N(c3ccc4c(c3)C3(c5ccccc5-c5ccc(N(c6ccccc6)c6ccccc6)cc53)c3ccccc3-4)c3cccc4c3c3ccccc3n4C)c2)c([2H])c1[2H]. The first-order chi connectivity index (χ1) is 34.3. The highest BCUT2D eigenvalue weighted by Gasteiger charge is 2.52. The summed E-state index contributed by atoms with van der Waals surface area (Å²) in [5.41, 5.74) is 17.6. The van der Waals surface area contributed by atoms with E-state index in [9.17, 15) is 0 Å². The summed E-state index contributed by atoms with van der Waals surface area (Å²) in [5.74, 6) is 0. The van der Waals surface area contributed by atoms with Crippen LogP contribution in [0.2, 0.25) is 0 Å². The molecule has 65 heavy (non-hydrogen) atoms. The number of hydrogen-bond donors (Lipinski definition) is 0. The fraction of sp³-hybridized carbons (Fsp3) is 0.0323. The van der Waals surface area contributed by atoms with Crippen LogP contribution in [0.5, 0.6) is 0 Å². The summed E-state index contributed by atoms with van der Waals surface area (Å²) < 4.78 is 45.7. The Hall–Kier alpha value is -8.40. The molecule has 1 heterocycles. The van der Waals surface area contributed by atoms with Crippen LogP contribution in [0.15, 0.2) is 243 Å². The molecule has 0 bridgehead atoms. The van der Waals surface area contributed by atoms with Crippen LogP contribution in [0.25, 0.3) is 55.2 Å². The van der Waals surface area contributed by atoms with Gasteiger partial charge in [-0.1, -0.05) is 164 Å². The van der Waals surface area contributed by atoms with Crippen molar-refractivity contribution in [3.63, 3.8) is 0 Å². The molecule has 0 fully saturated rings. The quantitative estimate of drug-likeness (QED) is 0.158. The van der Waals surface area contributed by atoms with Crippen molar-refractivity contribution >= 4 is 55.9 Å². The highest BCUT2D eigenvalue weighted by Crippen LogP contribution is 2.64. The summed E-state index contributed by atoms with van der Waals surface area (Å²) in [6.07, 6.45) is 0. The Labute approximate surface area is 386 Å². The molecule has 3 heteroatoms. The molecule has 0 N–H and O–H groups in total. The Morgan fingerprint density at radius 1 is 0.385 bits per heavy atom. The molecule has 1 atom stereocenters. The number of anilines is 6. The molecular formula is C62H43N3. The van der Waals surface area contributed by atoms with Gasteiger partial charge < -0.3 is 14.4 Å². The van der Waals surface area contributed by atoms with Gasteiger partial charge in [-0.2, -0.15) is 0 Å². The van der Waals surface area contributed by atoms with Crippen molar-refractivity contribution in [3.05, 3.63) is 265 Å². The lowest BCUT2D eigenvalue weighted by Crippen LogP contribution is -2.26. The van der Waals surface area contributed by atoms with Gasteiger partial charge in [0.2, 0.25) is 0 Å². The minimum Gasteiger partial charge on any atom is -0.344 e. The summed E-state index contributed by atoms with van der Waals surface area (Å²) >= 11 is 0. The maximum absolute atomic E-state index is 8.99. The van der Waals surface area contributed by atoms with E-state index in [1.54, 1.807) is 0 Å². The molecular weight excluding hydrogens is 787 g/mol. The third-order valence-electron chi connectivity index (χ3n) is 13.7. The zero-order chi connectivity index (χ0) is 47.4. The number of para-hydroxylation sites is 3. The van der Waals surface area contributed by atoms with E-state index in [0.717, 1.165) is 67.1 Å². The maximum Gasteiger partial charge on any atom is 0.0727 e. The van der Waals surface area contributed by atoms with Crippen LogP contribution in [-0.4, -0.2) is 4.57 Å². The van der Waals surface area contributed by atoms with Crippen molar-refractivity contribution in [1.82, 2.24) is 4.57 Å². The van der Waals surface area contributed by atoms with E-state index in [1.165, 1.54) is 33.4 Å². The van der Waals surface area contributed by atoms with E-state index in [-0.39, 0.29) is 29.7 Å². The van der Waals surface area contributed by atoms with Crippen LogP contribution in [0.3, 0.4) is 0 Å². The van der Waals surface area contributed by atoms with Crippen molar-refractivity contribution < 1.29 is 6.85 Å². The highest BCUT2D eigenvalue weighted by atomic mass is 15.2. The number of aromatic nitrogens is 1. The molecule has 1 unspecified atom stereocenters. The summed E-state index contributed by atoms with van der Waals surface area (Å²) in [6, 6.07) is 73.7. The Morgan fingerprint density at radius 3 is 1.55 bits per heavy atom. The lowest BCUT2D eigenvalue weighted by atomic mass is 9.70. The molecule has 306 valence electrons. The number of aryl methyl sites for hydroxylation is 1. The second-order valence-corrected chi connectivity index (χ2v) is 16.9. The van der Waals surface area contributed by atoms with Gasteiger partial charge in [0.05, 0.1) is 23.5 Å². The minimum atomic E-state index is -0.699. The molecule has 3 nitrogen and oxygen atoms in total. The average Bonchev–Trinajstić information content (AvgIpc) is 3.99. The van der Waals surface area contributed by atoms with E-state index >= 15 is 0 Å². The average molecular weight is 835 g/mol. The normalized spacial score (nSPS) is 15.4. The van der Waals surface area contributed by atoms with E-state index in [4.69, 9.17) is 6.85 Å². The highest BCUT2D eigenvalue weighted by molar-refractivity contribution is 6.16. The molecule has 13 rings (SSSR count). The van der Waals surface area contributed by atoms with Gasteiger partial charge in [0, 0.05) is 51.8 Å². The standard InChI is InChI=1S/C62H43N3/c1-63-58-32-16-13-29-53(58)61-59(63)33-18-34-60(61)65(46-26-17-21-43(39-46)42-19-5-2-6-20-42)48-36-38-52-50-28-12-15-31-55(50)62(57(52)41-48)54-30-14-11-27-49(54)51-37-35-47(40-56(51)62)64(44-22-7-3-8-23-44)45-24-9-4-10-25-45/h2-41H,1H3/i2D,5D,6D,19D,20D. The first-order valence-electron chi connectivity index (χ1n) is 24.6. The Balaban J connectivity index is 1.10. The first kappa shape index (κ1) is 32.3. The molecule has 11 aromatic rings. The van der Waals surface area contributed by atoms with Crippen molar-refractivity contribution in [1.29, 1.82) is 0 Å². The molecule has 2 aliphatic carbocycles. The third kappa shape index (κ3) is 5.49. The zero-order valence-electron chi connectivity index (χ0n) is 40.5. The summed E-state index contributed by atoms with van der Waals surface area (Å²) in [7, 11) is 2.11. The molecule has 0 saturated carbocycles. The molecule has 0 radical (unpaired) electrons. The first-order valence-corrected chi connectivity index (χ1v) is 22.1. The van der Waals surface area contributed by atoms with Gasteiger partial charge in [-0.3, -0.25) is 0 Å².